The van der Waals surface area contributed by atoms with E-state index in [1.54, 1.807) is 6.20 Å². The van der Waals surface area contributed by atoms with Crippen molar-refractivity contribution in [2.45, 2.75) is 20.4 Å². The molecule has 102 valence electrons. The highest BCUT2D eigenvalue weighted by atomic mass is 15.2. The van der Waals surface area contributed by atoms with E-state index in [2.05, 4.69) is 28.7 Å². The predicted octanol–water partition coefficient (Wildman–Crippen LogP) is 2.47. The van der Waals surface area contributed by atoms with E-state index in [1.807, 2.05) is 42.6 Å². The largest absolute Gasteiger partial charge is 0.357 e. The molecule has 0 saturated heterocycles. The van der Waals surface area contributed by atoms with Gasteiger partial charge < -0.3 is 10.6 Å². The van der Waals surface area contributed by atoms with Gasteiger partial charge in [-0.2, -0.15) is 0 Å². The first-order valence-electron chi connectivity index (χ1n) is 6.57. The third-order valence-corrected chi connectivity index (χ3v) is 2.67. The van der Waals surface area contributed by atoms with E-state index < -0.39 is 0 Å². The number of hydrogen-bond donors (Lipinski definition) is 1. The van der Waals surface area contributed by atoms with Gasteiger partial charge in [-0.1, -0.05) is 12.1 Å². The molecule has 0 spiro atoms. The smallest absolute Gasteiger partial charge is 0.128 e. The van der Waals surface area contributed by atoms with Gasteiger partial charge in [0, 0.05) is 32.0 Å². The number of anilines is 1. The maximum Gasteiger partial charge on any atom is 0.128 e. The number of hydrogen-bond acceptors (Lipinski definition) is 4. The third-order valence-electron chi connectivity index (χ3n) is 2.67. The molecule has 0 unspecified atom stereocenters. The Morgan fingerprint density at radius 2 is 1.58 bits per heavy atom. The standard InChI is InChI=1S/C9H14N2.C6H8N2/c1-3-11(4-2)9-7-5-6-8-10-9;7-5-6-3-1-2-4-8-6/h5-8H,3-4H2,1-2H3;1-4H,5,7H2. The Balaban J connectivity index is 0.000000200. The van der Waals surface area contributed by atoms with E-state index in [0.717, 1.165) is 24.6 Å². The molecular weight excluding hydrogens is 236 g/mol. The van der Waals surface area contributed by atoms with Crippen molar-refractivity contribution >= 4 is 5.82 Å². The van der Waals surface area contributed by atoms with E-state index in [4.69, 9.17) is 5.73 Å². The van der Waals surface area contributed by atoms with E-state index in [1.165, 1.54) is 0 Å². The molecule has 0 fully saturated rings. The molecule has 0 saturated carbocycles. The van der Waals surface area contributed by atoms with Crippen LogP contribution in [0.15, 0.2) is 48.8 Å². The fraction of sp³-hybridized carbons (Fsp3) is 0.333. The minimum atomic E-state index is 0.529. The van der Waals surface area contributed by atoms with Crippen LogP contribution >= 0.6 is 0 Å². The van der Waals surface area contributed by atoms with Crippen LogP contribution in [-0.2, 0) is 6.54 Å². The second-order valence-electron chi connectivity index (χ2n) is 3.89. The summed E-state index contributed by atoms with van der Waals surface area (Å²) in [6, 6.07) is 11.7. The summed E-state index contributed by atoms with van der Waals surface area (Å²) in [7, 11) is 0. The summed E-state index contributed by atoms with van der Waals surface area (Å²) in [6.45, 7) is 6.85. The van der Waals surface area contributed by atoms with Crippen molar-refractivity contribution in [1.29, 1.82) is 0 Å². The van der Waals surface area contributed by atoms with Gasteiger partial charge in [0.25, 0.3) is 0 Å². The Morgan fingerprint density at radius 1 is 0.947 bits per heavy atom. The molecule has 2 aromatic rings. The van der Waals surface area contributed by atoms with Crippen molar-refractivity contribution in [2.24, 2.45) is 5.73 Å². The van der Waals surface area contributed by atoms with Crippen molar-refractivity contribution in [3.8, 4) is 0 Å². The topological polar surface area (TPSA) is 55.0 Å². The lowest BCUT2D eigenvalue weighted by Crippen LogP contribution is -2.22. The van der Waals surface area contributed by atoms with Crippen molar-refractivity contribution in [2.75, 3.05) is 18.0 Å². The zero-order valence-corrected chi connectivity index (χ0v) is 11.7. The summed E-state index contributed by atoms with van der Waals surface area (Å²) < 4.78 is 0. The Hall–Kier alpha value is -1.94. The van der Waals surface area contributed by atoms with Gasteiger partial charge in [0.05, 0.1) is 5.69 Å². The summed E-state index contributed by atoms with van der Waals surface area (Å²) in [5.74, 6) is 1.07. The maximum absolute atomic E-state index is 5.29. The summed E-state index contributed by atoms with van der Waals surface area (Å²) >= 11 is 0. The van der Waals surface area contributed by atoms with Crippen LogP contribution in [0.25, 0.3) is 0 Å². The zero-order chi connectivity index (χ0) is 13.9. The van der Waals surface area contributed by atoms with Crippen LogP contribution in [0.5, 0.6) is 0 Å². The molecule has 0 aliphatic carbocycles. The van der Waals surface area contributed by atoms with Gasteiger partial charge in [0.2, 0.25) is 0 Å². The van der Waals surface area contributed by atoms with Gasteiger partial charge in [-0.05, 0) is 38.1 Å². The van der Waals surface area contributed by atoms with Gasteiger partial charge in [-0.3, -0.25) is 4.98 Å². The quantitative estimate of drug-likeness (QED) is 0.915. The Kier molecular flexibility index (Phi) is 7.20. The molecule has 19 heavy (non-hydrogen) atoms. The fourth-order valence-electron chi connectivity index (χ4n) is 1.61. The molecule has 0 bridgehead atoms. The average Bonchev–Trinajstić information content (AvgIpc) is 2.51. The first-order chi connectivity index (χ1) is 9.31. The van der Waals surface area contributed by atoms with Crippen LogP contribution in [0.1, 0.15) is 19.5 Å². The molecule has 0 radical (unpaired) electrons. The molecule has 2 rings (SSSR count). The van der Waals surface area contributed by atoms with E-state index in [0.29, 0.717) is 6.54 Å². The number of nitrogens with zero attached hydrogens (tertiary/aromatic N) is 3. The molecule has 0 amide bonds. The molecule has 0 aromatic carbocycles. The number of pyridine rings is 2. The zero-order valence-electron chi connectivity index (χ0n) is 11.7. The lowest BCUT2D eigenvalue weighted by Gasteiger charge is -2.18. The minimum Gasteiger partial charge on any atom is -0.357 e. The van der Waals surface area contributed by atoms with Crippen LogP contribution in [0, 0.1) is 0 Å². The van der Waals surface area contributed by atoms with Gasteiger partial charge in [-0.15, -0.1) is 0 Å². The molecule has 4 heteroatoms. The van der Waals surface area contributed by atoms with Gasteiger partial charge >= 0.3 is 0 Å². The predicted molar refractivity (Wildman–Crippen MR) is 79.9 cm³/mol. The fourth-order valence-corrected chi connectivity index (χ4v) is 1.61. The maximum atomic E-state index is 5.29. The molecule has 2 aromatic heterocycles. The Morgan fingerprint density at radius 3 is 1.95 bits per heavy atom. The van der Waals surface area contributed by atoms with Crippen LogP contribution in [0.3, 0.4) is 0 Å². The van der Waals surface area contributed by atoms with Gasteiger partial charge in [0.1, 0.15) is 5.82 Å². The third kappa shape index (κ3) is 5.48. The highest BCUT2D eigenvalue weighted by Gasteiger charge is 1.99. The monoisotopic (exact) mass is 258 g/mol. The van der Waals surface area contributed by atoms with Crippen LogP contribution in [-0.4, -0.2) is 23.1 Å². The number of nitrogens with two attached hydrogens (primary N) is 1. The molecule has 0 atom stereocenters. The highest BCUT2D eigenvalue weighted by molar-refractivity contribution is 5.36. The Bertz CT molecular complexity index is 426. The second-order valence-corrected chi connectivity index (χ2v) is 3.89. The highest BCUT2D eigenvalue weighted by Crippen LogP contribution is 2.06. The van der Waals surface area contributed by atoms with Crippen LogP contribution in [0.2, 0.25) is 0 Å². The normalized spacial score (nSPS) is 9.42. The lowest BCUT2D eigenvalue weighted by molar-refractivity contribution is 0.846. The SMILES string of the molecule is CCN(CC)c1ccccn1.NCc1ccccn1. The molecule has 2 N–H and O–H groups in total. The summed E-state index contributed by atoms with van der Waals surface area (Å²) in [5, 5.41) is 0. The van der Waals surface area contributed by atoms with Gasteiger partial charge in [-0.25, -0.2) is 4.98 Å². The first-order valence-corrected chi connectivity index (χ1v) is 6.57. The van der Waals surface area contributed by atoms with Crippen LogP contribution < -0.4 is 10.6 Å². The van der Waals surface area contributed by atoms with E-state index in [9.17, 15) is 0 Å². The molecule has 4 nitrogen and oxygen atoms in total. The van der Waals surface area contributed by atoms with E-state index >= 15 is 0 Å². The molecule has 0 aliphatic heterocycles. The average molecular weight is 258 g/mol. The summed E-state index contributed by atoms with van der Waals surface area (Å²) in [4.78, 5) is 10.4. The molecule has 0 aliphatic rings. The number of rotatable bonds is 4. The molecule has 2 heterocycles. The Labute approximate surface area is 115 Å². The van der Waals surface area contributed by atoms with Crippen LogP contribution in [0.4, 0.5) is 5.82 Å². The summed E-state index contributed by atoms with van der Waals surface area (Å²) in [6.07, 6.45) is 3.57. The number of aromatic nitrogens is 2. The van der Waals surface area contributed by atoms with Crippen molar-refractivity contribution in [3.63, 3.8) is 0 Å². The van der Waals surface area contributed by atoms with E-state index in [-0.39, 0.29) is 0 Å². The van der Waals surface area contributed by atoms with Gasteiger partial charge in [0.15, 0.2) is 0 Å². The first kappa shape index (κ1) is 15.1. The van der Waals surface area contributed by atoms with Crippen molar-refractivity contribution in [1.82, 2.24) is 9.97 Å². The lowest BCUT2D eigenvalue weighted by atomic mass is 10.4. The second kappa shape index (κ2) is 9.05. The summed E-state index contributed by atoms with van der Waals surface area (Å²) in [5.41, 5.74) is 6.22. The van der Waals surface area contributed by atoms with Crippen molar-refractivity contribution in [3.05, 3.63) is 54.5 Å². The molecular formula is C15H22N4. The minimum absolute atomic E-state index is 0.529. The van der Waals surface area contributed by atoms with Crippen molar-refractivity contribution < 1.29 is 0 Å².